The lowest BCUT2D eigenvalue weighted by molar-refractivity contribution is 0.111. The summed E-state index contributed by atoms with van der Waals surface area (Å²) in [5.74, 6) is 1.49. The fourth-order valence-corrected chi connectivity index (χ4v) is 2.38. The van der Waals surface area contributed by atoms with E-state index in [9.17, 15) is 0 Å². The number of hydrogen-bond acceptors (Lipinski definition) is 4. The number of nitrogens with one attached hydrogen (secondary N) is 1. The van der Waals surface area contributed by atoms with E-state index in [0.29, 0.717) is 5.82 Å². The van der Waals surface area contributed by atoms with Crippen LogP contribution in [0, 0.1) is 0 Å². The number of nitrogens with zero attached hydrogens (tertiary/aromatic N) is 2. The summed E-state index contributed by atoms with van der Waals surface area (Å²) in [6.45, 7) is 8.32. The molecule has 0 radical (unpaired) electrons. The lowest BCUT2D eigenvalue weighted by Gasteiger charge is -2.22. The second-order valence-electron chi connectivity index (χ2n) is 4.97. The Kier molecular flexibility index (Phi) is 4.49. The Hall–Kier alpha value is -0.680. The molecule has 1 unspecified atom stereocenters. The lowest BCUT2D eigenvalue weighted by atomic mass is 9.92. The van der Waals surface area contributed by atoms with Crippen molar-refractivity contribution in [1.82, 2.24) is 9.97 Å². The van der Waals surface area contributed by atoms with Crippen LogP contribution in [-0.4, -0.2) is 24.1 Å². The molecule has 0 aliphatic rings. The molecule has 17 heavy (non-hydrogen) atoms. The van der Waals surface area contributed by atoms with Gasteiger partial charge in [0.2, 0.25) is 0 Å². The van der Waals surface area contributed by atoms with Gasteiger partial charge in [-0.15, -0.1) is 0 Å². The van der Waals surface area contributed by atoms with Crippen molar-refractivity contribution in [3.05, 3.63) is 16.0 Å². The highest BCUT2D eigenvalue weighted by Crippen LogP contribution is 2.33. The Balaban J connectivity index is 3.39. The predicted molar refractivity (Wildman–Crippen MR) is 73.4 cm³/mol. The van der Waals surface area contributed by atoms with Gasteiger partial charge >= 0.3 is 0 Å². The van der Waals surface area contributed by atoms with Crippen LogP contribution in [0.25, 0.3) is 0 Å². The van der Waals surface area contributed by atoms with Crippen LogP contribution in [0.5, 0.6) is 0 Å². The first-order valence-electron chi connectivity index (χ1n) is 5.59. The first-order chi connectivity index (χ1) is 7.81. The van der Waals surface area contributed by atoms with E-state index < -0.39 is 0 Å². The molecule has 0 saturated carbocycles. The Morgan fingerprint density at radius 2 is 1.88 bits per heavy atom. The average molecular weight is 302 g/mol. The third-order valence-electron chi connectivity index (χ3n) is 2.53. The van der Waals surface area contributed by atoms with Crippen LogP contribution in [0.4, 0.5) is 5.82 Å². The van der Waals surface area contributed by atoms with Crippen molar-refractivity contribution in [1.29, 1.82) is 0 Å². The van der Waals surface area contributed by atoms with Crippen molar-refractivity contribution in [3.63, 3.8) is 0 Å². The molecule has 1 aromatic heterocycles. The molecule has 4 nitrogen and oxygen atoms in total. The minimum absolute atomic E-state index is 0.0460. The maximum absolute atomic E-state index is 5.28. The summed E-state index contributed by atoms with van der Waals surface area (Å²) in [6.07, 6.45) is -0.115. The number of aromatic nitrogens is 2. The SMILES string of the molecule is CNc1nc(C(C)OC)nc(C(C)(C)C)c1Br. The Morgan fingerprint density at radius 1 is 1.29 bits per heavy atom. The van der Waals surface area contributed by atoms with E-state index in [0.717, 1.165) is 16.0 Å². The second-order valence-corrected chi connectivity index (χ2v) is 5.76. The van der Waals surface area contributed by atoms with Crippen LogP contribution < -0.4 is 5.32 Å². The smallest absolute Gasteiger partial charge is 0.159 e. The molecule has 0 aromatic carbocycles. The van der Waals surface area contributed by atoms with Crippen molar-refractivity contribution < 1.29 is 4.74 Å². The molecule has 0 amide bonds. The van der Waals surface area contributed by atoms with Crippen LogP contribution in [0.1, 0.15) is 45.3 Å². The maximum Gasteiger partial charge on any atom is 0.159 e. The molecule has 1 heterocycles. The minimum Gasteiger partial charge on any atom is -0.374 e. The van der Waals surface area contributed by atoms with Gasteiger partial charge in [-0.05, 0) is 22.9 Å². The van der Waals surface area contributed by atoms with Gasteiger partial charge in [0.05, 0.1) is 10.2 Å². The molecule has 0 aliphatic carbocycles. The monoisotopic (exact) mass is 301 g/mol. The van der Waals surface area contributed by atoms with E-state index in [1.54, 1.807) is 7.11 Å². The highest BCUT2D eigenvalue weighted by Gasteiger charge is 2.24. The van der Waals surface area contributed by atoms with Crippen LogP contribution in [0.3, 0.4) is 0 Å². The number of rotatable bonds is 3. The van der Waals surface area contributed by atoms with Gasteiger partial charge in [-0.25, -0.2) is 9.97 Å². The highest BCUT2D eigenvalue weighted by atomic mass is 79.9. The Labute approximate surface area is 111 Å². The molecular weight excluding hydrogens is 282 g/mol. The Bertz CT molecular complexity index is 401. The van der Waals surface area contributed by atoms with Gasteiger partial charge in [0, 0.05) is 19.6 Å². The molecule has 5 heteroatoms. The zero-order valence-corrected chi connectivity index (χ0v) is 12.8. The van der Waals surface area contributed by atoms with Crippen LogP contribution in [0.15, 0.2) is 4.47 Å². The van der Waals surface area contributed by atoms with E-state index in [-0.39, 0.29) is 11.5 Å². The van der Waals surface area contributed by atoms with Gasteiger partial charge in [-0.1, -0.05) is 20.8 Å². The molecule has 1 rings (SSSR count). The average Bonchev–Trinajstić information content (AvgIpc) is 2.26. The van der Waals surface area contributed by atoms with E-state index in [2.05, 4.69) is 52.0 Å². The summed E-state index contributed by atoms with van der Waals surface area (Å²) in [5.41, 5.74) is 0.936. The van der Waals surface area contributed by atoms with Crippen LogP contribution in [-0.2, 0) is 10.2 Å². The van der Waals surface area contributed by atoms with Gasteiger partial charge in [-0.2, -0.15) is 0 Å². The number of methoxy groups -OCH3 is 1. The van der Waals surface area contributed by atoms with Crippen molar-refractivity contribution in [2.24, 2.45) is 0 Å². The van der Waals surface area contributed by atoms with Crippen LogP contribution >= 0.6 is 15.9 Å². The molecule has 0 fully saturated rings. The summed E-state index contributed by atoms with van der Waals surface area (Å²) in [5, 5.41) is 3.07. The van der Waals surface area contributed by atoms with Gasteiger partial charge in [0.1, 0.15) is 11.9 Å². The molecule has 1 N–H and O–H groups in total. The summed E-state index contributed by atoms with van der Waals surface area (Å²) in [6, 6.07) is 0. The maximum atomic E-state index is 5.28. The van der Waals surface area contributed by atoms with Crippen LogP contribution in [0.2, 0.25) is 0 Å². The highest BCUT2D eigenvalue weighted by molar-refractivity contribution is 9.10. The van der Waals surface area contributed by atoms with Gasteiger partial charge in [-0.3, -0.25) is 0 Å². The second kappa shape index (κ2) is 5.31. The standard InChI is InChI=1S/C12H20BrN3O/c1-7(17-6)10-15-9(12(2,3)4)8(13)11(14-5)16-10/h7H,1-6H3,(H,14,15,16). The molecule has 1 atom stereocenters. The quantitative estimate of drug-likeness (QED) is 0.930. The summed E-state index contributed by atoms with van der Waals surface area (Å²) >= 11 is 3.55. The lowest BCUT2D eigenvalue weighted by Crippen LogP contribution is -2.19. The van der Waals surface area contributed by atoms with E-state index in [1.165, 1.54) is 0 Å². The van der Waals surface area contributed by atoms with E-state index in [1.807, 2.05) is 14.0 Å². The molecule has 1 aromatic rings. The molecule has 96 valence electrons. The summed E-state index contributed by atoms with van der Waals surface area (Å²) in [4.78, 5) is 9.04. The summed E-state index contributed by atoms with van der Waals surface area (Å²) in [7, 11) is 3.51. The third kappa shape index (κ3) is 3.16. The normalized spacial score (nSPS) is 13.6. The first kappa shape index (κ1) is 14.4. The fourth-order valence-electron chi connectivity index (χ4n) is 1.41. The van der Waals surface area contributed by atoms with E-state index in [4.69, 9.17) is 4.74 Å². The van der Waals surface area contributed by atoms with Crippen molar-refractivity contribution in [2.75, 3.05) is 19.5 Å². The van der Waals surface area contributed by atoms with Crippen molar-refractivity contribution >= 4 is 21.7 Å². The van der Waals surface area contributed by atoms with Gasteiger partial charge < -0.3 is 10.1 Å². The largest absolute Gasteiger partial charge is 0.374 e. The molecule has 0 aliphatic heterocycles. The molecule has 0 bridgehead atoms. The number of hydrogen-bond donors (Lipinski definition) is 1. The first-order valence-corrected chi connectivity index (χ1v) is 6.39. The van der Waals surface area contributed by atoms with Crippen molar-refractivity contribution in [2.45, 2.75) is 39.2 Å². The fraction of sp³-hybridized carbons (Fsp3) is 0.667. The number of anilines is 1. The minimum atomic E-state index is -0.115. The zero-order chi connectivity index (χ0) is 13.2. The third-order valence-corrected chi connectivity index (χ3v) is 3.28. The topological polar surface area (TPSA) is 47.0 Å². The Morgan fingerprint density at radius 3 is 2.29 bits per heavy atom. The summed E-state index contributed by atoms with van der Waals surface area (Å²) < 4.78 is 6.19. The number of ether oxygens (including phenoxy) is 1. The molecule has 0 spiro atoms. The predicted octanol–water partition coefficient (Wildman–Crippen LogP) is 3.29. The number of halogens is 1. The van der Waals surface area contributed by atoms with E-state index >= 15 is 0 Å². The molecular formula is C12H20BrN3O. The van der Waals surface area contributed by atoms with Crippen molar-refractivity contribution in [3.8, 4) is 0 Å². The van der Waals surface area contributed by atoms with Gasteiger partial charge in [0.25, 0.3) is 0 Å². The zero-order valence-electron chi connectivity index (χ0n) is 11.3. The van der Waals surface area contributed by atoms with Gasteiger partial charge in [0.15, 0.2) is 5.82 Å². The molecule has 0 saturated heterocycles.